The summed E-state index contributed by atoms with van der Waals surface area (Å²) >= 11 is 0. The SMILES string of the molecule is NCCCCCNc1ccc([N+](=O)[O-])cc1. The molecule has 1 aromatic rings. The molecule has 0 unspecified atom stereocenters. The standard InChI is InChI=1S/C11H17N3O2/c12-8-2-1-3-9-13-10-4-6-11(7-5-10)14(15)16/h4-7,13H,1-3,8-9,12H2. The maximum atomic E-state index is 10.4. The molecule has 0 atom stereocenters. The molecule has 0 spiro atoms. The molecule has 3 N–H and O–H groups in total. The van der Waals surface area contributed by atoms with Crippen molar-refractivity contribution >= 4 is 11.4 Å². The van der Waals surface area contributed by atoms with Crippen molar-refractivity contribution in [2.24, 2.45) is 5.73 Å². The number of anilines is 1. The molecular weight excluding hydrogens is 206 g/mol. The van der Waals surface area contributed by atoms with Gasteiger partial charge in [0, 0.05) is 24.4 Å². The molecule has 0 aromatic heterocycles. The third-order valence-electron chi connectivity index (χ3n) is 2.29. The molecular formula is C11H17N3O2. The smallest absolute Gasteiger partial charge is 0.269 e. The van der Waals surface area contributed by atoms with Crippen LogP contribution in [0.25, 0.3) is 0 Å². The number of rotatable bonds is 7. The molecule has 0 radical (unpaired) electrons. The highest BCUT2D eigenvalue weighted by Gasteiger charge is 2.02. The van der Waals surface area contributed by atoms with E-state index in [0.717, 1.165) is 38.0 Å². The second-order valence-electron chi connectivity index (χ2n) is 3.58. The van der Waals surface area contributed by atoms with Crippen LogP contribution in [-0.2, 0) is 0 Å². The normalized spacial score (nSPS) is 10.1. The summed E-state index contributed by atoms with van der Waals surface area (Å²) in [5.74, 6) is 0. The topological polar surface area (TPSA) is 81.2 Å². The van der Waals surface area contributed by atoms with Crippen LogP contribution in [0.15, 0.2) is 24.3 Å². The van der Waals surface area contributed by atoms with Crippen molar-refractivity contribution in [2.45, 2.75) is 19.3 Å². The molecule has 0 aliphatic carbocycles. The van der Waals surface area contributed by atoms with Crippen LogP contribution in [0.5, 0.6) is 0 Å². The Bertz CT molecular complexity index is 325. The Morgan fingerprint density at radius 3 is 2.44 bits per heavy atom. The second-order valence-corrected chi connectivity index (χ2v) is 3.58. The number of nitro benzene ring substituents is 1. The highest BCUT2D eigenvalue weighted by atomic mass is 16.6. The van der Waals surface area contributed by atoms with Crippen molar-refractivity contribution in [2.75, 3.05) is 18.4 Å². The predicted molar refractivity (Wildman–Crippen MR) is 64.5 cm³/mol. The van der Waals surface area contributed by atoms with Crippen LogP contribution in [0.2, 0.25) is 0 Å². The van der Waals surface area contributed by atoms with Crippen LogP contribution < -0.4 is 11.1 Å². The summed E-state index contributed by atoms with van der Waals surface area (Å²) in [5, 5.41) is 13.6. The number of benzene rings is 1. The Hall–Kier alpha value is -1.62. The molecule has 0 fully saturated rings. The first kappa shape index (κ1) is 12.4. The Kier molecular flexibility index (Phi) is 5.28. The summed E-state index contributed by atoms with van der Waals surface area (Å²) in [5.41, 5.74) is 6.42. The average Bonchev–Trinajstić information content (AvgIpc) is 2.29. The molecule has 5 heteroatoms. The molecule has 5 nitrogen and oxygen atoms in total. The molecule has 0 saturated carbocycles. The predicted octanol–water partition coefficient (Wildman–Crippen LogP) is 2.14. The van der Waals surface area contributed by atoms with Crippen LogP contribution in [-0.4, -0.2) is 18.0 Å². The minimum Gasteiger partial charge on any atom is -0.385 e. The summed E-state index contributed by atoms with van der Waals surface area (Å²) in [6, 6.07) is 6.45. The fourth-order valence-corrected chi connectivity index (χ4v) is 1.38. The lowest BCUT2D eigenvalue weighted by Crippen LogP contribution is -2.03. The van der Waals surface area contributed by atoms with Crippen molar-refractivity contribution in [3.05, 3.63) is 34.4 Å². The van der Waals surface area contributed by atoms with Gasteiger partial charge in [0.2, 0.25) is 0 Å². The van der Waals surface area contributed by atoms with Crippen LogP contribution in [0, 0.1) is 10.1 Å². The largest absolute Gasteiger partial charge is 0.385 e. The van der Waals surface area contributed by atoms with Crippen LogP contribution in [0.3, 0.4) is 0 Å². The number of unbranched alkanes of at least 4 members (excludes halogenated alkanes) is 2. The van der Waals surface area contributed by atoms with Crippen LogP contribution in [0.1, 0.15) is 19.3 Å². The van der Waals surface area contributed by atoms with E-state index in [0.29, 0.717) is 0 Å². The van der Waals surface area contributed by atoms with E-state index in [2.05, 4.69) is 5.32 Å². The van der Waals surface area contributed by atoms with Crippen LogP contribution >= 0.6 is 0 Å². The molecule has 16 heavy (non-hydrogen) atoms. The van der Waals surface area contributed by atoms with Crippen molar-refractivity contribution in [1.82, 2.24) is 0 Å². The molecule has 1 aromatic carbocycles. The Balaban J connectivity index is 2.29. The lowest BCUT2D eigenvalue weighted by molar-refractivity contribution is -0.384. The fourth-order valence-electron chi connectivity index (χ4n) is 1.38. The zero-order valence-corrected chi connectivity index (χ0v) is 9.19. The van der Waals surface area contributed by atoms with E-state index in [9.17, 15) is 10.1 Å². The second kappa shape index (κ2) is 6.79. The van der Waals surface area contributed by atoms with Gasteiger partial charge >= 0.3 is 0 Å². The first-order chi connectivity index (χ1) is 7.74. The lowest BCUT2D eigenvalue weighted by Gasteiger charge is -2.05. The Morgan fingerprint density at radius 1 is 1.19 bits per heavy atom. The quantitative estimate of drug-likeness (QED) is 0.421. The number of hydrogen-bond acceptors (Lipinski definition) is 4. The van der Waals surface area contributed by atoms with Gasteiger partial charge in [-0.05, 0) is 31.5 Å². The van der Waals surface area contributed by atoms with Gasteiger partial charge in [0.25, 0.3) is 5.69 Å². The highest BCUT2D eigenvalue weighted by Crippen LogP contribution is 2.15. The summed E-state index contributed by atoms with van der Waals surface area (Å²) in [7, 11) is 0. The number of nitrogens with two attached hydrogens (primary N) is 1. The summed E-state index contributed by atoms with van der Waals surface area (Å²) < 4.78 is 0. The third-order valence-corrected chi connectivity index (χ3v) is 2.29. The number of nitro groups is 1. The average molecular weight is 223 g/mol. The van der Waals surface area contributed by atoms with Gasteiger partial charge in [-0.15, -0.1) is 0 Å². The first-order valence-corrected chi connectivity index (χ1v) is 5.42. The van der Waals surface area contributed by atoms with E-state index in [4.69, 9.17) is 5.73 Å². The zero-order valence-electron chi connectivity index (χ0n) is 9.19. The fraction of sp³-hybridized carbons (Fsp3) is 0.455. The maximum Gasteiger partial charge on any atom is 0.269 e. The molecule has 0 aliphatic rings. The number of nitrogens with one attached hydrogen (secondary N) is 1. The van der Waals surface area contributed by atoms with Gasteiger partial charge in [-0.2, -0.15) is 0 Å². The van der Waals surface area contributed by atoms with E-state index in [1.165, 1.54) is 12.1 Å². The number of nitrogens with zero attached hydrogens (tertiary/aromatic N) is 1. The molecule has 0 amide bonds. The first-order valence-electron chi connectivity index (χ1n) is 5.42. The van der Waals surface area contributed by atoms with Crippen molar-refractivity contribution < 1.29 is 4.92 Å². The molecule has 1 rings (SSSR count). The minimum absolute atomic E-state index is 0.119. The minimum atomic E-state index is -0.398. The zero-order chi connectivity index (χ0) is 11.8. The van der Waals surface area contributed by atoms with E-state index < -0.39 is 4.92 Å². The molecule has 0 saturated heterocycles. The van der Waals surface area contributed by atoms with Gasteiger partial charge in [0.15, 0.2) is 0 Å². The van der Waals surface area contributed by atoms with E-state index in [-0.39, 0.29) is 5.69 Å². The van der Waals surface area contributed by atoms with Crippen molar-refractivity contribution in [3.8, 4) is 0 Å². The van der Waals surface area contributed by atoms with E-state index in [1.54, 1.807) is 12.1 Å². The summed E-state index contributed by atoms with van der Waals surface area (Å²) in [4.78, 5) is 10.0. The van der Waals surface area contributed by atoms with Gasteiger partial charge in [-0.25, -0.2) is 0 Å². The van der Waals surface area contributed by atoms with Gasteiger partial charge in [-0.1, -0.05) is 6.42 Å². The van der Waals surface area contributed by atoms with Crippen LogP contribution in [0.4, 0.5) is 11.4 Å². The van der Waals surface area contributed by atoms with Crippen molar-refractivity contribution in [1.29, 1.82) is 0 Å². The Morgan fingerprint density at radius 2 is 1.88 bits per heavy atom. The molecule has 0 heterocycles. The molecule has 0 bridgehead atoms. The summed E-state index contributed by atoms with van der Waals surface area (Å²) in [6.45, 7) is 1.61. The van der Waals surface area contributed by atoms with Gasteiger partial charge < -0.3 is 11.1 Å². The van der Waals surface area contributed by atoms with E-state index >= 15 is 0 Å². The third kappa shape index (κ3) is 4.27. The maximum absolute atomic E-state index is 10.4. The molecule has 88 valence electrons. The monoisotopic (exact) mass is 223 g/mol. The number of hydrogen-bond donors (Lipinski definition) is 2. The van der Waals surface area contributed by atoms with Crippen molar-refractivity contribution in [3.63, 3.8) is 0 Å². The van der Waals surface area contributed by atoms with Gasteiger partial charge in [-0.3, -0.25) is 10.1 Å². The Labute approximate surface area is 94.8 Å². The van der Waals surface area contributed by atoms with Gasteiger partial charge in [0.05, 0.1) is 4.92 Å². The summed E-state index contributed by atoms with van der Waals surface area (Å²) in [6.07, 6.45) is 3.21. The highest BCUT2D eigenvalue weighted by molar-refractivity contribution is 5.48. The van der Waals surface area contributed by atoms with Gasteiger partial charge in [0.1, 0.15) is 0 Å². The number of non-ortho nitro benzene ring substituents is 1. The lowest BCUT2D eigenvalue weighted by atomic mass is 10.2. The molecule has 0 aliphatic heterocycles. The van der Waals surface area contributed by atoms with E-state index in [1.807, 2.05) is 0 Å².